The Morgan fingerprint density at radius 2 is 1.38 bits per heavy atom. The van der Waals surface area contributed by atoms with Gasteiger partial charge in [0.05, 0.1) is 6.54 Å². The molecule has 1 heterocycles. The van der Waals surface area contributed by atoms with E-state index >= 15 is 0 Å². The Labute approximate surface area is 162 Å². The minimum atomic E-state index is 0.0247. The molecular formula is C22H44N2O2. The lowest BCUT2D eigenvalue weighted by Crippen LogP contribution is -2.43. The van der Waals surface area contributed by atoms with E-state index in [4.69, 9.17) is 0 Å². The molecule has 1 fully saturated rings. The fourth-order valence-corrected chi connectivity index (χ4v) is 3.23. The molecule has 154 valence electrons. The highest BCUT2D eigenvalue weighted by Gasteiger charge is 2.20. The molecule has 0 atom stereocenters. The van der Waals surface area contributed by atoms with Crippen LogP contribution in [0.3, 0.4) is 0 Å². The minimum absolute atomic E-state index is 0.0247. The zero-order chi connectivity index (χ0) is 19.6. The van der Waals surface area contributed by atoms with Gasteiger partial charge >= 0.3 is 0 Å². The molecule has 0 aliphatic carbocycles. The smallest absolute Gasteiger partial charge is 0.241 e. The van der Waals surface area contributed by atoms with Crippen molar-refractivity contribution in [2.45, 2.75) is 105 Å². The van der Waals surface area contributed by atoms with Gasteiger partial charge in [-0.25, -0.2) is 0 Å². The van der Waals surface area contributed by atoms with Crippen LogP contribution in [0.15, 0.2) is 0 Å². The molecule has 0 saturated carbocycles. The quantitative estimate of drug-likeness (QED) is 0.475. The molecule has 0 unspecified atom stereocenters. The molecule has 26 heavy (non-hydrogen) atoms. The van der Waals surface area contributed by atoms with Gasteiger partial charge in [0.15, 0.2) is 0 Å². The van der Waals surface area contributed by atoms with Gasteiger partial charge in [-0.05, 0) is 25.2 Å². The van der Waals surface area contributed by atoms with Crippen LogP contribution in [0.1, 0.15) is 105 Å². The van der Waals surface area contributed by atoms with Crippen molar-refractivity contribution in [2.24, 2.45) is 5.92 Å². The van der Waals surface area contributed by atoms with Gasteiger partial charge in [0, 0.05) is 19.5 Å². The van der Waals surface area contributed by atoms with E-state index in [2.05, 4.69) is 19.2 Å². The summed E-state index contributed by atoms with van der Waals surface area (Å²) in [7, 11) is 0. The fraction of sp³-hybridized carbons (Fsp3) is 0.909. The molecule has 1 saturated heterocycles. The second-order valence-corrected chi connectivity index (χ2v) is 7.42. The van der Waals surface area contributed by atoms with E-state index in [1.807, 2.05) is 18.7 Å². The number of amides is 2. The number of nitrogens with one attached hydrogen (secondary N) is 1. The largest absolute Gasteiger partial charge is 0.347 e. The van der Waals surface area contributed by atoms with Crippen LogP contribution in [0.4, 0.5) is 0 Å². The van der Waals surface area contributed by atoms with E-state index in [9.17, 15) is 9.59 Å². The molecule has 1 aliphatic rings. The molecule has 4 nitrogen and oxygen atoms in total. The zero-order valence-corrected chi connectivity index (χ0v) is 17.9. The molecule has 1 aliphatic heterocycles. The zero-order valence-electron chi connectivity index (χ0n) is 17.9. The summed E-state index contributed by atoms with van der Waals surface area (Å²) >= 11 is 0. The third-order valence-electron chi connectivity index (χ3n) is 5.08. The van der Waals surface area contributed by atoms with Crippen molar-refractivity contribution in [1.82, 2.24) is 10.2 Å². The van der Waals surface area contributed by atoms with Gasteiger partial charge in [-0.1, -0.05) is 79.1 Å². The van der Waals surface area contributed by atoms with Crippen LogP contribution in [0, 0.1) is 5.92 Å². The third kappa shape index (κ3) is 13.2. The topological polar surface area (TPSA) is 49.4 Å². The highest BCUT2D eigenvalue weighted by molar-refractivity contribution is 5.84. The molecule has 1 N–H and O–H groups in total. The molecule has 0 spiro atoms. The second kappa shape index (κ2) is 17.4. The number of unbranched alkanes of at least 4 members (excludes halogenated alkanes) is 8. The van der Waals surface area contributed by atoms with Gasteiger partial charge < -0.3 is 10.2 Å². The summed E-state index contributed by atoms with van der Waals surface area (Å²) in [6.45, 7) is 10.3. The summed E-state index contributed by atoms with van der Waals surface area (Å²) in [6, 6.07) is 0. The van der Waals surface area contributed by atoms with Gasteiger partial charge in [0.25, 0.3) is 0 Å². The standard InChI is InChI=1S/C20H38N2O2.C2H6/c1-3-4-5-6-7-8-9-10-11-12-19(23)21-17-20(24)22-15-13-18(2)14-16-22;1-2/h18H,3-17H2,1-2H3,(H,21,23);1-2H3. The number of hydrogen-bond donors (Lipinski definition) is 1. The molecule has 0 bridgehead atoms. The van der Waals surface area contributed by atoms with Crippen LogP contribution in [-0.4, -0.2) is 36.3 Å². The first kappa shape index (κ1) is 24.9. The Morgan fingerprint density at radius 3 is 1.92 bits per heavy atom. The molecule has 0 aromatic rings. The lowest BCUT2D eigenvalue weighted by atomic mass is 9.99. The summed E-state index contributed by atoms with van der Waals surface area (Å²) in [6.07, 6.45) is 14.0. The van der Waals surface area contributed by atoms with Crippen LogP contribution in [0.5, 0.6) is 0 Å². The second-order valence-electron chi connectivity index (χ2n) is 7.42. The fourth-order valence-electron chi connectivity index (χ4n) is 3.23. The Morgan fingerprint density at radius 1 is 0.885 bits per heavy atom. The number of hydrogen-bond acceptors (Lipinski definition) is 2. The lowest BCUT2D eigenvalue weighted by Gasteiger charge is -2.30. The maximum Gasteiger partial charge on any atom is 0.241 e. The van der Waals surface area contributed by atoms with Crippen molar-refractivity contribution in [2.75, 3.05) is 19.6 Å². The highest BCUT2D eigenvalue weighted by Crippen LogP contribution is 2.15. The Hall–Kier alpha value is -1.06. The first-order valence-corrected chi connectivity index (χ1v) is 11.2. The van der Waals surface area contributed by atoms with Crippen LogP contribution in [0.2, 0.25) is 0 Å². The maximum atomic E-state index is 12.0. The molecule has 4 heteroatoms. The van der Waals surface area contributed by atoms with E-state index in [1.165, 1.54) is 44.9 Å². The van der Waals surface area contributed by atoms with E-state index in [-0.39, 0.29) is 18.4 Å². The number of carbonyl (C=O) groups excluding carboxylic acids is 2. The lowest BCUT2D eigenvalue weighted by molar-refractivity contribution is -0.134. The highest BCUT2D eigenvalue weighted by atomic mass is 16.2. The van der Waals surface area contributed by atoms with E-state index < -0.39 is 0 Å². The van der Waals surface area contributed by atoms with Crippen molar-refractivity contribution in [3.8, 4) is 0 Å². The summed E-state index contributed by atoms with van der Waals surface area (Å²) in [5.41, 5.74) is 0. The SMILES string of the molecule is CC.CCCCCCCCCCCC(=O)NCC(=O)N1CCC(C)CC1. The van der Waals surface area contributed by atoms with Crippen LogP contribution in [0.25, 0.3) is 0 Å². The maximum absolute atomic E-state index is 12.0. The predicted molar refractivity (Wildman–Crippen MR) is 111 cm³/mol. The van der Waals surface area contributed by atoms with E-state index in [1.54, 1.807) is 0 Å². The average molecular weight is 369 g/mol. The summed E-state index contributed by atoms with van der Waals surface area (Å²) < 4.78 is 0. The van der Waals surface area contributed by atoms with Crippen LogP contribution >= 0.6 is 0 Å². The third-order valence-corrected chi connectivity index (χ3v) is 5.08. The first-order chi connectivity index (χ1) is 12.6. The normalized spacial score (nSPS) is 14.5. The average Bonchev–Trinajstić information content (AvgIpc) is 2.67. The van der Waals surface area contributed by atoms with Crippen molar-refractivity contribution in [1.29, 1.82) is 0 Å². The van der Waals surface area contributed by atoms with Crippen molar-refractivity contribution in [3.05, 3.63) is 0 Å². The number of piperidine rings is 1. The molecule has 2 amide bonds. The number of nitrogens with zero attached hydrogens (tertiary/aromatic N) is 1. The van der Waals surface area contributed by atoms with Crippen LogP contribution < -0.4 is 5.32 Å². The van der Waals surface area contributed by atoms with Crippen molar-refractivity contribution >= 4 is 11.8 Å². The Balaban J connectivity index is 0.00000301. The molecule has 0 radical (unpaired) electrons. The molecule has 1 rings (SSSR count). The summed E-state index contributed by atoms with van der Waals surface area (Å²) in [5.74, 6) is 0.814. The van der Waals surface area contributed by atoms with E-state index in [0.29, 0.717) is 6.42 Å². The predicted octanol–water partition coefficient (Wildman–Crippen LogP) is 5.31. The van der Waals surface area contributed by atoms with Gasteiger partial charge in [0.2, 0.25) is 11.8 Å². The van der Waals surface area contributed by atoms with Crippen LogP contribution in [-0.2, 0) is 9.59 Å². The monoisotopic (exact) mass is 368 g/mol. The Bertz CT molecular complexity index is 350. The van der Waals surface area contributed by atoms with Gasteiger partial charge in [-0.2, -0.15) is 0 Å². The van der Waals surface area contributed by atoms with E-state index in [0.717, 1.165) is 44.7 Å². The minimum Gasteiger partial charge on any atom is -0.347 e. The molecule has 0 aromatic heterocycles. The van der Waals surface area contributed by atoms with Crippen molar-refractivity contribution in [3.63, 3.8) is 0 Å². The number of carbonyl (C=O) groups is 2. The summed E-state index contributed by atoms with van der Waals surface area (Å²) in [5, 5.41) is 2.79. The molecule has 0 aromatic carbocycles. The van der Waals surface area contributed by atoms with Gasteiger partial charge in [-0.3, -0.25) is 9.59 Å². The number of likely N-dealkylation sites (tertiary alicyclic amines) is 1. The number of rotatable bonds is 12. The first-order valence-electron chi connectivity index (χ1n) is 11.2. The summed E-state index contributed by atoms with van der Waals surface area (Å²) in [4.78, 5) is 25.7. The van der Waals surface area contributed by atoms with Gasteiger partial charge in [0.1, 0.15) is 0 Å². The van der Waals surface area contributed by atoms with Crippen molar-refractivity contribution < 1.29 is 9.59 Å². The molecular weight excluding hydrogens is 324 g/mol. The van der Waals surface area contributed by atoms with Gasteiger partial charge in [-0.15, -0.1) is 0 Å². The Kier molecular flexibility index (Phi) is 16.7.